The van der Waals surface area contributed by atoms with Gasteiger partial charge in [0.25, 0.3) is 11.8 Å². The van der Waals surface area contributed by atoms with Crippen molar-refractivity contribution < 1.29 is 9.59 Å². The van der Waals surface area contributed by atoms with Crippen LogP contribution in [0.4, 0.5) is 0 Å². The predicted molar refractivity (Wildman–Crippen MR) is 55.3 cm³/mol. The third-order valence-corrected chi connectivity index (χ3v) is 3.21. The molecular weight excluding hydrogens is 246 g/mol. The van der Waals surface area contributed by atoms with E-state index in [1.54, 1.807) is 6.07 Å². The lowest BCUT2D eigenvalue weighted by atomic mass is 10.0. The largest absolute Gasteiger partial charge is 0.288 e. The van der Waals surface area contributed by atoms with E-state index in [9.17, 15) is 9.59 Å². The molecule has 1 aliphatic rings. The van der Waals surface area contributed by atoms with Crippen LogP contribution in [-0.2, 0) is 6.42 Å². The Morgan fingerprint density at radius 2 is 2.00 bits per heavy atom. The van der Waals surface area contributed by atoms with E-state index in [-0.39, 0.29) is 11.8 Å². The Bertz CT molecular complexity index is 440. The van der Waals surface area contributed by atoms with Gasteiger partial charge in [-0.1, -0.05) is 13.0 Å². The number of rotatable bonds is 1. The van der Waals surface area contributed by atoms with Gasteiger partial charge in [-0.15, -0.1) is 0 Å². The normalized spacial score (nSPS) is 14.1. The molecule has 0 aliphatic carbocycles. The molecule has 1 heterocycles. The molecule has 0 spiro atoms. The molecule has 0 atom stereocenters. The van der Waals surface area contributed by atoms with Gasteiger partial charge in [0, 0.05) is 4.47 Å². The highest BCUT2D eigenvalue weighted by molar-refractivity contribution is 9.10. The quantitative estimate of drug-likeness (QED) is 0.778. The molecule has 0 fully saturated rings. The SMILES string of the molecule is CCc1ccc2c(c1Br)C(=O)NC2=O. The average Bonchev–Trinajstić information content (AvgIpc) is 2.44. The van der Waals surface area contributed by atoms with Crippen molar-refractivity contribution in [2.24, 2.45) is 0 Å². The molecule has 1 aromatic carbocycles. The number of carbonyl (C=O) groups excluding carboxylic acids is 2. The Balaban J connectivity index is 2.70. The molecule has 0 saturated carbocycles. The van der Waals surface area contributed by atoms with E-state index in [0.717, 1.165) is 16.5 Å². The molecule has 0 radical (unpaired) electrons. The molecule has 4 heteroatoms. The maximum Gasteiger partial charge on any atom is 0.260 e. The van der Waals surface area contributed by atoms with Crippen LogP contribution in [0.3, 0.4) is 0 Å². The Hall–Kier alpha value is -1.16. The van der Waals surface area contributed by atoms with Crippen molar-refractivity contribution in [2.75, 3.05) is 0 Å². The van der Waals surface area contributed by atoms with Crippen LogP contribution >= 0.6 is 15.9 Å². The molecule has 1 aromatic rings. The fourth-order valence-corrected chi connectivity index (χ4v) is 2.34. The van der Waals surface area contributed by atoms with Gasteiger partial charge in [0.15, 0.2) is 0 Å². The number of imide groups is 1. The predicted octanol–water partition coefficient (Wildman–Crippen LogP) is 1.90. The van der Waals surface area contributed by atoms with Crippen molar-refractivity contribution in [3.63, 3.8) is 0 Å². The maximum absolute atomic E-state index is 11.4. The summed E-state index contributed by atoms with van der Waals surface area (Å²) in [7, 11) is 0. The zero-order chi connectivity index (χ0) is 10.3. The van der Waals surface area contributed by atoms with Gasteiger partial charge in [-0.25, -0.2) is 0 Å². The molecule has 2 amide bonds. The molecule has 0 saturated heterocycles. The topological polar surface area (TPSA) is 46.2 Å². The second kappa shape index (κ2) is 3.20. The Kier molecular flexibility index (Phi) is 2.15. The van der Waals surface area contributed by atoms with Crippen LogP contribution < -0.4 is 5.32 Å². The van der Waals surface area contributed by atoms with E-state index in [0.29, 0.717) is 11.1 Å². The summed E-state index contributed by atoms with van der Waals surface area (Å²) in [6, 6.07) is 3.56. The summed E-state index contributed by atoms with van der Waals surface area (Å²) in [6.07, 6.45) is 0.829. The lowest BCUT2D eigenvalue weighted by Gasteiger charge is -2.03. The highest BCUT2D eigenvalue weighted by Gasteiger charge is 2.29. The molecule has 0 unspecified atom stereocenters. The number of aryl methyl sites for hydroxylation is 1. The van der Waals surface area contributed by atoms with Crippen LogP contribution in [0, 0.1) is 0 Å². The lowest BCUT2D eigenvalue weighted by Crippen LogP contribution is -2.20. The third-order valence-electron chi connectivity index (χ3n) is 2.30. The van der Waals surface area contributed by atoms with E-state index in [1.165, 1.54) is 0 Å². The molecule has 1 aliphatic heterocycles. The van der Waals surface area contributed by atoms with Gasteiger partial charge in [0.1, 0.15) is 0 Å². The minimum Gasteiger partial charge on any atom is -0.288 e. The first-order valence-corrected chi connectivity index (χ1v) is 5.11. The molecule has 1 N–H and O–H groups in total. The Morgan fingerprint density at radius 3 is 2.64 bits per heavy atom. The number of fused-ring (bicyclic) bond motifs is 1. The van der Waals surface area contributed by atoms with Crippen LogP contribution in [0.2, 0.25) is 0 Å². The molecule has 0 aromatic heterocycles. The number of carbonyl (C=O) groups is 2. The van der Waals surface area contributed by atoms with E-state index >= 15 is 0 Å². The lowest BCUT2D eigenvalue weighted by molar-refractivity contribution is 0.0879. The first-order valence-electron chi connectivity index (χ1n) is 4.32. The van der Waals surface area contributed by atoms with Crippen molar-refractivity contribution in [3.8, 4) is 0 Å². The summed E-state index contributed by atoms with van der Waals surface area (Å²) in [5, 5.41) is 2.27. The van der Waals surface area contributed by atoms with E-state index < -0.39 is 0 Å². The minimum absolute atomic E-state index is 0.312. The van der Waals surface area contributed by atoms with E-state index in [1.807, 2.05) is 13.0 Å². The minimum atomic E-state index is -0.313. The number of amides is 2. The summed E-state index contributed by atoms with van der Waals surface area (Å²) in [5.41, 5.74) is 1.96. The number of hydrogen-bond acceptors (Lipinski definition) is 2. The molecule has 0 bridgehead atoms. The van der Waals surface area contributed by atoms with Gasteiger partial charge in [-0.3, -0.25) is 14.9 Å². The number of hydrogen-bond donors (Lipinski definition) is 1. The third kappa shape index (κ3) is 1.18. The van der Waals surface area contributed by atoms with Gasteiger partial charge in [0.2, 0.25) is 0 Å². The van der Waals surface area contributed by atoms with Crippen molar-refractivity contribution >= 4 is 27.7 Å². The second-order valence-corrected chi connectivity index (χ2v) is 3.89. The average molecular weight is 254 g/mol. The second-order valence-electron chi connectivity index (χ2n) is 3.10. The van der Waals surface area contributed by atoms with E-state index in [4.69, 9.17) is 0 Å². The fourth-order valence-electron chi connectivity index (χ4n) is 1.54. The van der Waals surface area contributed by atoms with Crippen LogP contribution in [0.5, 0.6) is 0 Å². The monoisotopic (exact) mass is 253 g/mol. The van der Waals surface area contributed by atoms with Gasteiger partial charge in [-0.2, -0.15) is 0 Å². The molecule has 14 heavy (non-hydrogen) atoms. The Labute approximate surface area is 89.6 Å². The molecule has 72 valence electrons. The van der Waals surface area contributed by atoms with Crippen LogP contribution in [0.15, 0.2) is 16.6 Å². The highest BCUT2D eigenvalue weighted by atomic mass is 79.9. The molecular formula is C10H8BrNO2. The Morgan fingerprint density at radius 1 is 1.29 bits per heavy atom. The van der Waals surface area contributed by atoms with Crippen LogP contribution in [0.1, 0.15) is 33.2 Å². The molecule has 3 nitrogen and oxygen atoms in total. The number of halogens is 1. The van der Waals surface area contributed by atoms with Crippen molar-refractivity contribution in [1.82, 2.24) is 5.32 Å². The van der Waals surface area contributed by atoms with E-state index in [2.05, 4.69) is 21.2 Å². The number of nitrogens with one attached hydrogen (secondary N) is 1. The molecule has 2 rings (SSSR count). The number of benzene rings is 1. The van der Waals surface area contributed by atoms with Crippen molar-refractivity contribution in [1.29, 1.82) is 0 Å². The van der Waals surface area contributed by atoms with Gasteiger partial charge < -0.3 is 0 Å². The summed E-state index contributed by atoms with van der Waals surface area (Å²) in [5.74, 6) is -0.625. The highest BCUT2D eigenvalue weighted by Crippen LogP contribution is 2.28. The van der Waals surface area contributed by atoms with Crippen LogP contribution in [-0.4, -0.2) is 11.8 Å². The van der Waals surface area contributed by atoms with Crippen molar-refractivity contribution in [2.45, 2.75) is 13.3 Å². The zero-order valence-electron chi connectivity index (χ0n) is 7.56. The maximum atomic E-state index is 11.4. The van der Waals surface area contributed by atoms with Gasteiger partial charge >= 0.3 is 0 Å². The van der Waals surface area contributed by atoms with Crippen LogP contribution in [0.25, 0.3) is 0 Å². The zero-order valence-corrected chi connectivity index (χ0v) is 9.14. The van der Waals surface area contributed by atoms with Crippen molar-refractivity contribution in [3.05, 3.63) is 33.3 Å². The first-order chi connectivity index (χ1) is 6.65. The smallest absolute Gasteiger partial charge is 0.260 e. The van der Waals surface area contributed by atoms with Gasteiger partial charge in [0.05, 0.1) is 11.1 Å². The van der Waals surface area contributed by atoms with Gasteiger partial charge in [-0.05, 0) is 34.0 Å². The summed E-state index contributed by atoms with van der Waals surface area (Å²) < 4.78 is 0.737. The first kappa shape index (κ1) is 9.40. The summed E-state index contributed by atoms with van der Waals surface area (Å²) in [4.78, 5) is 22.7. The standard InChI is InChI=1S/C10H8BrNO2/c1-2-5-3-4-6-7(8(5)11)10(14)12-9(6)13/h3-4H,2H2,1H3,(H,12,13,14). The fraction of sp³-hybridized carbons (Fsp3) is 0.200. The summed E-state index contributed by atoms with van der Waals surface area (Å²) >= 11 is 3.35. The summed E-state index contributed by atoms with van der Waals surface area (Å²) in [6.45, 7) is 2.00.